The van der Waals surface area contributed by atoms with E-state index in [0.29, 0.717) is 10.7 Å². The van der Waals surface area contributed by atoms with Crippen LogP contribution in [0.4, 0.5) is 5.13 Å². The molecule has 1 amide bonds. The molecule has 1 aliphatic rings. The maximum atomic E-state index is 12.2. The van der Waals surface area contributed by atoms with Crippen molar-refractivity contribution in [2.75, 3.05) is 11.6 Å². The van der Waals surface area contributed by atoms with Gasteiger partial charge in [-0.25, -0.2) is 4.98 Å². The Kier molecular flexibility index (Phi) is 4.28. The van der Waals surface area contributed by atoms with Gasteiger partial charge in [0.05, 0.1) is 5.69 Å². The monoisotopic (exact) mass is 319 g/mol. The van der Waals surface area contributed by atoms with Gasteiger partial charge < -0.3 is 5.73 Å². The van der Waals surface area contributed by atoms with Crippen LogP contribution < -0.4 is 11.1 Å². The summed E-state index contributed by atoms with van der Waals surface area (Å²) in [6, 6.07) is 7.80. The highest BCUT2D eigenvalue weighted by Gasteiger charge is 2.20. The van der Waals surface area contributed by atoms with Crippen LogP contribution in [-0.2, 0) is 12.8 Å². The van der Waals surface area contributed by atoms with Crippen molar-refractivity contribution in [1.82, 2.24) is 4.98 Å². The molecule has 3 N–H and O–H groups in total. The van der Waals surface area contributed by atoms with Gasteiger partial charge in [-0.15, -0.1) is 23.1 Å². The molecule has 0 spiro atoms. The molecule has 0 unspecified atom stereocenters. The van der Waals surface area contributed by atoms with Gasteiger partial charge in [0.2, 0.25) is 0 Å². The number of aromatic nitrogens is 1. The van der Waals surface area contributed by atoms with E-state index in [1.54, 1.807) is 23.1 Å². The number of thiazole rings is 1. The average molecular weight is 319 g/mol. The summed E-state index contributed by atoms with van der Waals surface area (Å²) in [7, 11) is 0. The van der Waals surface area contributed by atoms with E-state index < -0.39 is 0 Å². The number of fused-ring (bicyclic) bond motifs is 1. The van der Waals surface area contributed by atoms with E-state index in [9.17, 15) is 4.79 Å². The van der Waals surface area contributed by atoms with E-state index in [1.807, 2.05) is 30.5 Å². The lowest BCUT2D eigenvalue weighted by Crippen LogP contribution is -2.27. The lowest BCUT2D eigenvalue weighted by molar-refractivity contribution is 0.102. The highest BCUT2D eigenvalue weighted by molar-refractivity contribution is 7.98. The Morgan fingerprint density at radius 1 is 1.43 bits per heavy atom. The summed E-state index contributed by atoms with van der Waals surface area (Å²) in [5, 5.41) is 3.56. The smallest absolute Gasteiger partial charge is 0.257 e. The van der Waals surface area contributed by atoms with Crippen LogP contribution in [0.25, 0.3) is 0 Å². The minimum atomic E-state index is -0.113. The van der Waals surface area contributed by atoms with Gasteiger partial charge in [0.15, 0.2) is 5.13 Å². The number of carbonyl (C=O) groups is 1. The number of hydrogen-bond donors (Lipinski definition) is 2. The fourth-order valence-electron chi connectivity index (χ4n) is 2.37. The molecule has 0 saturated heterocycles. The second kappa shape index (κ2) is 6.17. The Bertz CT molecular complexity index is 651. The molecule has 0 saturated carbocycles. The molecule has 1 atom stereocenters. The molecule has 110 valence electrons. The number of amides is 1. The molecule has 1 aromatic heterocycles. The number of nitrogens with two attached hydrogens (primary N) is 1. The average Bonchev–Trinajstić information content (AvgIpc) is 2.88. The summed E-state index contributed by atoms with van der Waals surface area (Å²) in [4.78, 5) is 19.1. The molecule has 1 aliphatic carbocycles. The fourth-order valence-corrected chi connectivity index (χ4v) is 3.87. The molecule has 0 fully saturated rings. The Morgan fingerprint density at radius 2 is 2.19 bits per heavy atom. The lowest BCUT2D eigenvalue weighted by atomic mass is 9.99. The van der Waals surface area contributed by atoms with Crippen LogP contribution in [0.3, 0.4) is 0 Å². The van der Waals surface area contributed by atoms with Crippen molar-refractivity contribution in [3.8, 4) is 0 Å². The zero-order valence-electron chi connectivity index (χ0n) is 11.8. The molecular formula is C15H17N3OS2. The number of nitrogens with one attached hydrogen (secondary N) is 1. The number of nitrogens with zero attached hydrogens (tertiary/aromatic N) is 1. The topological polar surface area (TPSA) is 68.0 Å². The standard InChI is InChI=1S/C15H17N3OS2/c1-20-11-5-2-9(3-6-11)14(19)18-15-17-12-7-4-10(16)8-13(12)21-15/h2-3,5-6,10H,4,7-8,16H2,1H3,(H,17,18,19)/t10-/m0/s1. The molecule has 6 heteroatoms. The molecule has 0 aliphatic heterocycles. The summed E-state index contributed by atoms with van der Waals surface area (Å²) < 4.78 is 0. The first kappa shape index (κ1) is 14.6. The van der Waals surface area contributed by atoms with Gasteiger partial charge in [-0.05, 0) is 49.8 Å². The minimum Gasteiger partial charge on any atom is -0.327 e. The molecule has 1 heterocycles. The van der Waals surface area contributed by atoms with Gasteiger partial charge >= 0.3 is 0 Å². The van der Waals surface area contributed by atoms with Crippen LogP contribution in [0.15, 0.2) is 29.2 Å². The van der Waals surface area contributed by atoms with E-state index in [2.05, 4.69) is 10.3 Å². The van der Waals surface area contributed by atoms with Crippen LogP contribution in [0, 0.1) is 0 Å². The summed E-state index contributed by atoms with van der Waals surface area (Å²) >= 11 is 3.20. The Labute approximate surface area is 132 Å². The van der Waals surface area contributed by atoms with Gasteiger partial charge in [0, 0.05) is 21.4 Å². The first-order valence-corrected chi connectivity index (χ1v) is 8.89. The summed E-state index contributed by atoms with van der Waals surface area (Å²) in [6.07, 6.45) is 4.76. The van der Waals surface area contributed by atoms with Crippen molar-refractivity contribution in [2.45, 2.75) is 30.2 Å². The third-order valence-corrected chi connectivity index (χ3v) is 5.33. The maximum Gasteiger partial charge on any atom is 0.257 e. The molecule has 2 aromatic rings. The van der Waals surface area contributed by atoms with E-state index in [1.165, 1.54) is 4.88 Å². The first-order valence-electron chi connectivity index (χ1n) is 6.85. The van der Waals surface area contributed by atoms with Gasteiger partial charge in [-0.1, -0.05) is 0 Å². The van der Waals surface area contributed by atoms with Crippen molar-refractivity contribution in [1.29, 1.82) is 0 Å². The van der Waals surface area contributed by atoms with Crippen molar-refractivity contribution < 1.29 is 4.79 Å². The van der Waals surface area contributed by atoms with Crippen LogP contribution in [0.2, 0.25) is 0 Å². The Hall–Kier alpha value is -1.37. The van der Waals surface area contributed by atoms with Crippen molar-refractivity contribution >= 4 is 34.1 Å². The number of carbonyl (C=O) groups excluding carboxylic acids is 1. The quantitative estimate of drug-likeness (QED) is 0.854. The lowest BCUT2D eigenvalue weighted by Gasteiger charge is -2.15. The number of aryl methyl sites for hydroxylation is 1. The molecule has 1 aromatic carbocycles. The first-order chi connectivity index (χ1) is 10.2. The van der Waals surface area contributed by atoms with Gasteiger partial charge in [-0.2, -0.15) is 0 Å². The van der Waals surface area contributed by atoms with Crippen molar-refractivity contribution in [3.63, 3.8) is 0 Å². The third kappa shape index (κ3) is 3.28. The Balaban J connectivity index is 1.72. The van der Waals surface area contributed by atoms with E-state index >= 15 is 0 Å². The SMILES string of the molecule is CSc1ccc(C(=O)Nc2nc3c(s2)C[C@@H](N)CC3)cc1. The Morgan fingerprint density at radius 3 is 2.90 bits per heavy atom. The third-order valence-electron chi connectivity index (χ3n) is 3.55. The largest absolute Gasteiger partial charge is 0.327 e. The fraction of sp³-hybridized carbons (Fsp3) is 0.333. The van der Waals surface area contributed by atoms with Crippen LogP contribution in [-0.4, -0.2) is 23.2 Å². The van der Waals surface area contributed by atoms with Gasteiger partial charge in [0.25, 0.3) is 5.91 Å². The van der Waals surface area contributed by atoms with E-state index in [-0.39, 0.29) is 11.9 Å². The molecule has 0 bridgehead atoms. The molecular weight excluding hydrogens is 302 g/mol. The van der Waals surface area contributed by atoms with Crippen molar-refractivity contribution in [3.05, 3.63) is 40.4 Å². The molecule has 3 rings (SSSR count). The second-order valence-corrected chi connectivity index (χ2v) is 7.04. The zero-order chi connectivity index (χ0) is 14.8. The highest BCUT2D eigenvalue weighted by atomic mass is 32.2. The highest BCUT2D eigenvalue weighted by Crippen LogP contribution is 2.29. The van der Waals surface area contributed by atoms with Gasteiger partial charge in [-0.3, -0.25) is 10.1 Å². The summed E-state index contributed by atoms with van der Waals surface area (Å²) in [5.74, 6) is -0.113. The number of hydrogen-bond acceptors (Lipinski definition) is 5. The van der Waals surface area contributed by atoms with E-state index in [4.69, 9.17) is 5.73 Å². The van der Waals surface area contributed by atoms with Crippen molar-refractivity contribution in [2.24, 2.45) is 5.73 Å². The molecule has 21 heavy (non-hydrogen) atoms. The number of rotatable bonds is 3. The zero-order valence-corrected chi connectivity index (χ0v) is 13.4. The number of benzene rings is 1. The molecule has 0 radical (unpaired) electrons. The second-order valence-electron chi connectivity index (χ2n) is 5.07. The predicted molar refractivity (Wildman–Crippen MR) is 88.3 cm³/mol. The predicted octanol–water partition coefficient (Wildman–Crippen LogP) is 2.93. The van der Waals surface area contributed by atoms with Crippen LogP contribution >= 0.6 is 23.1 Å². The summed E-state index contributed by atoms with van der Waals surface area (Å²) in [5.41, 5.74) is 7.71. The summed E-state index contributed by atoms with van der Waals surface area (Å²) in [6.45, 7) is 0. The van der Waals surface area contributed by atoms with E-state index in [0.717, 1.165) is 29.9 Å². The minimum absolute atomic E-state index is 0.113. The molecule has 4 nitrogen and oxygen atoms in total. The number of thioether (sulfide) groups is 1. The van der Waals surface area contributed by atoms with Crippen LogP contribution in [0.1, 0.15) is 27.3 Å². The number of anilines is 1. The normalized spacial score (nSPS) is 17.3. The van der Waals surface area contributed by atoms with Crippen LogP contribution in [0.5, 0.6) is 0 Å². The van der Waals surface area contributed by atoms with Gasteiger partial charge in [0.1, 0.15) is 0 Å². The maximum absolute atomic E-state index is 12.2.